The molecule has 0 atom stereocenters. The number of carbonyl (C=O) groups is 1. The van der Waals surface area contributed by atoms with Gasteiger partial charge in [0.15, 0.2) is 5.69 Å². The summed E-state index contributed by atoms with van der Waals surface area (Å²) in [7, 11) is 0. The highest BCUT2D eigenvalue weighted by atomic mass is 35.5. The highest BCUT2D eigenvalue weighted by Gasteiger charge is 2.21. The quantitative estimate of drug-likeness (QED) is 0.836. The number of carbonyl (C=O) groups excluding carboxylic acids is 1. The minimum Gasteiger partial charge on any atom is -0.395 e. The smallest absolute Gasteiger partial charge is 0.274 e. The second-order valence-electron chi connectivity index (χ2n) is 5.83. The third-order valence-electron chi connectivity index (χ3n) is 3.65. The third-order valence-corrected chi connectivity index (χ3v) is 3.93. The molecular formula is C18H22ClN3O2. The van der Waals surface area contributed by atoms with Gasteiger partial charge in [-0.1, -0.05) is 55.8 Å². The summed E-state index contributed by atoms with van der Waals surface area (Å²) in [5, 5.41) is 9.51. The molecule has 0 radical (unpaired) electrons. The number of nitrogens with zero attached hydrogens (tertiary/aromatic N) is 3. The molecular weight excluding hydrogens is 326 g/mol. The molecule has 6 heteroatoms. The molecule has 0 fully saturated rings. The van der Waals surface area contributed by atoms with Gasteiger partial charge in [-0.05, 0) is 12.0 Å². The van der Waals surface area contributed by atoms with Gasteiger partial charge in [0.05, 0.1) is 17.8 Å². The zero-order chi connectivity index (χ0) is 17.5. The average molecular weight is 348 g/mol. The van der Waals surface area contributed by atoms with E-state index in [0.29, 0.717) is 18.8 Å². The van der Waals surface area contributed by atoms with Crippen molar-refractivity contribution < 1.29 is 9.90 Å². The van der Waals surface area contributed by atoms with E-state index >= 15 is 0 Å². The first-order chi connectivity index (χ1) is 11.5. The molecule has 0 bridgehead atoms. The van der Waals surface area contributed by atoms with E-state index < -0.39 is 0 Å². The Labute approximate surface area is 147 Å². The lowest BCUT2D eigenvalue weighted by Crippen LogP contribution is -2.36. The van der Waals surface area contributed by atoms with Gasteiger partial charge in [-0.2, -0.15) is 0 Å². The van der Waals surface area contributed by atoms with Gasteiger partial charge >= 0.3 is 0 Å². The van der Waals surface area contributed by atoms with E-state index in [1.54, 1.807) is 4.90 Å². The van der Waals surface area contributed by atoms with Crippen LogP contribution < -0.4 is 0 Å². The standard InChI is InChI=1S/C18H22ClN3O2/c1-13(2)17-20-12-15(19)16(21-17)18(24)22(10-11-23)9-8-14-6-4-3-5-7-14/h3-7,12-13,23H,8-11H2,1-2H3. The van der Waals surface area contributed by atoms with Crippen LogP contribution in [0.4, 0.5) is 0 Å². The molecule has 0 aliphatic carbocycles. The van der Waals surface area contributed by atoms with Gasteiger partial charge in [0.1, 0.15) is 5.82 Å². The van der Waals surface area contributed by atoms with Gasteiger partial charge in [0.2, 0.25) is 0 Å². The number of aromatic nitrogens is 2. The highest BCUT2D eigenvalue weighted by molar-refractivity contribution is 6.33. The molecule has 1 N–H and O–H groups in total. The van der Waals surface area contributed by atoms with Gasteiger partial charge < -0.3 is 10.0 Å². The summed E-state index contributed by atoms with van der Waals surface area (Å²) < 4.78 is 0. The van der Waals surface area contributed by atoms with Crippen LogP contribution in [0.25, 0.3) is 0 Å². The van der Waals surface area contributed by atoms with Crippen molar-refractivity contribution in [2.24, 2.45) is 0 Å². The van der Waals surface area contributed by atoms with Crippen molar-refractivity contribution >= 4 is 17.5 Å². The van der Waals surface area contributed by atoms with E-state index in [1.165, 1.54) is 6.20 Å². The van der Waals surface area contributed by atoms with Gasteiger partial charge in [-0.25, -0.2) is 9.97 Å². The summed E-state index contributed by atoms with van der Waals surface area (Å²) >= 11 is 6.12. The molecule has 1 aromatic heterocycles. The van der Waals surface area contributed by atoms with E-state index in [9.17, 15) is 9.90 Å². The van der Waals surface area contributed by atoms with E-state index in [1.807, 2.05) is 44.2 Å². The summed E-state index contributed by atoms with van der Waals surface area (Å²) in [4.78, 5) is 22.8. The van der Waals surface area contributed by atoms with Crippen LogP contribution in [0.2, 0.25) is 5.02 Å². The van der Waals surface area contributed by atoms with Crippen LogP contribution in [-0.4, -0.2) is 45.6 Å². The molecule has 1 aromatic carbocycles. The first-order valence-corrected chi connectivity index (χ1v) is 8.37. The zero-order valence-electron chi connectivity index (χ0n) is 13.9. The molecule has 1 amide bonds. The minimum atomic E-state index is -0.283. The molecule has 24 heavy (non-hydrogen) atoms. The van der Waals surface area contributed by atoms with Crippen LogP contribution in [0.5, 0.6) is 0 Å². The third kappa shape index (κ3) is 4.76. The largest absolute Gasteiger partial charge is 0.395 e. The van der Waals surface area contributed by atoms with Crippen molar-refractivity contribution in [3.63, 3.8) is 0 Å². The van der Waals surface area contributed by atoms with Gasteiger partial charge in [0.25, 0.3) is 5.91 Å². The molecule has 5 nitrogen and oxygen atoms in total. The average Bonchev–Trinajstić information content (AvgIpc) is 2.59. The van der Waals surface area contributed by atoms with Crippen LogP contribution in [0.1, 0.15) is 41.6 Å². The molecule has 0 unspecified atom stereocenters. The van der Waals surface area contributed by atoms with Crippen LogP contribution in [0, 0.1) is 0 Å². The van der Waals surface area contributed by atoms with Crippen LogP contribution in [0.15, 0.2) is 36.5 Å². The lowest BCUT2D eigenvalue weighted by atomic mass is 10.1. The molecule has 2 aromatic rings. The predicted molar refractivity (Wildman–Crippen MR) is 94.3 cm³/mol. The van der Waals surface area contributed by atoms with Crippen LogP contribution in [0.3, 0.4) is 0 Å². The Morgan fingerprint density at radius 3 is 2.58 bits per heavy atom. The Bertz CT molecular complexity index is 677. The van der Waals surface area contributed by atoms with Gasteiger partial charge in [0, 0.05) is 19.0 Å². The van der Waals surface area contributed by atoms with Crippen molar-refractivity contribution in [3.05, 3.63) is 58.6 Å². The summed E-state index contributed by atoms with van der Waals surface area (Å²) in [6.07, 6.45) is 2.16. The van der Waals surface area contributed by atoms with Gasteiger partial charge in [-0.3, -0.25) is 4.79 Å². The highest BCUT2D eigenvalue weighted by Crippen LogP contribution is 2.18. The lowest BCUT2D eigenvalue weighted by Gasteiger charge is -2.22. The number of amides is 1. The van der Waals surface area contributed by atoms with E-state index in [0.717, 1.165) is 5.56 Å². The van der Waals surface area contributed by atoms with Crippen molar-refractivity contribution in [2.45, 2.75) is 26.2 Å². The maximum absolute atomic E-state index is 12.8. The van der Waals surface area contributed by atoms with E-state index in [4.69, 9.17) is 11.6 Å². The van der Waals surface area contributed by atoms with E-state index in [2.05, 4.69) is 9.97 Å². The normalized spacial score (nSPS) is 10.9. The molecule has 0 aliphatic heterocycles. The summed E-state index contributed by atoms with van der Waals surface area (Å²) in [6, 6.07) is 9.90. The Morgan fingerprint density at radius 2 is 1.96 bits per heavy atom. The fraction of sp³-hybridized carbons (Fsp3) is 0.389. The molecule has 0 spiro atoms. The van der Waals surface area contributed by atoms with Crippen molar-refractivity contribution in [3.8, 4) is 0 Å². The Morgan fingerprint density at radius 1 is 1.25 bits per heavy atom. The van der Waals surface area contributed by atoms with Crippen molar-refractivity contribution in [2.75, 3.05) is 19.7 Å². The Kier molecular flexibility index (Phi) is 6.70. The maximum Gasteiger partial charge on any atom is 0.274 e. The van der Waals surface area contributed by atoms with E-state index in [-0.39, 0.29) is 35.7 Å². The molecule has 1 heterocycles. The Hall–Kier alpha value is -1.98. The topological polar surface area (TPSA) is 66.3 Å². The van der Waals surface area contributed by atoms with Crippen LogP contribution in [-0.2, 0) is 6.42 Å². The second kappa shape index (κ2) is 8.76. The summed E-state index contributed by atoms with van der Waals surface area (Å²) in [6.45, 7) is 4.53. The number of halogens is 1. The molecule has 0 saturated heterocycles. The van der Waals surface area contributed by atoms with Crippen molar-refractivity contribution in [1.29, 1.82) is 0 Å². The monoisotopic (exact) mass is 347 g/mol. The number of rotatable bonds is 7. The number of hydrogen-bond acceptors (Lipinski definition) is 4. The van der Waals surface area contributed by atoms with Gasteiger partial charge in [-0.15, -0.1) is 0 Å². The minimum absolute atomic E-state index is 0.101. The number of benzene rings is 1. The fourth-order valence-corrected chi connectivity index (χ4v) is 2.47. The zero-order valence-corrected chi connectivity index (χ0v) is 14.7. The number of hydrogen-bond donors (Lipinski definition) is 1. The first-order valence-electron chi connectivity index (χ1n) is 7.99. The summed E-state index contributed by atoms with van der Waals surface area (Å²) in [5.74, 6) is 0.397. The Balaban J connectivity index is 2.17. The second-order valence-corrected chi connectivity index (χ2v) is 6.24. The molecule has 2 rings (SSSR count). The maximum atomic E-state index is 12.8. The predicted octanol–water partition coefficient (Wildman–Crippen LogP) is 2.93. The lowest BCUT2D eigenvalue weighted by molar-refractivity contribution is 0.0717. The number of aliphatic hydroxyl groups excluding tert-OH is 1. The fourth-order valence-electron chi connectivity index (χ4n) is 2.30. The molecule has 0 aliphatic rings. The first kappa shape index (κ1) is 18.4. The molecule has 0 saturated carbocycles. The SMILES string of the molecule is CC(C)c1ncc(Cl)c(C(=O)N(CCO)CCc2ccccc2)n1. The summed E-state index contributed by atoms with van der Waals surface area (Å²) in [5.41, 5.74) is 1.32. The molecule has 128 valence electrons. The number of aliphatic hydroxyl groups is 1. The van der Waals surface area contributed by atoms with Crippen molar-refractivity contribution in [1.82, 2.24) is 14.9 Å². The van der Waals surface area contributed by atoms with Crippen LogP contribution >= 0.6 is 11.6 Å².